The van der Waals surface area contributed by atoms with E-state index in [4.69, 9.17) is 4.65 Å². The summed E-state index contributed by atoms with van der Waals surface area (Å²) in [5, 5.41) is 40.5. The molecular formula is C34H43B2NO7. The molecular weight excluding hydrogens is 556 g/mol. The molecule has 3 aliphatic rings. The average Bonchev–Trinajstić information content (AvgIpc) is 3.23. The van der Waals surface area contributed by atoms with Gasteiger partial charge < -0.3 is 24.8 Å². The first-order valence-electron chi connectivity index (χ1n) is 15.8. The van der Waals surface area contributed by atoms with E-state index in [1.165, 1.54) is 22.6 Å². The van der Waals surface area contributed by atoms with Crippen LogP contribution in [0, 0.1) is 37.5 Å². The molecule has 0 unspecified atom stereocenters. The SMILES string of the molecule is CCC/C(=C\c1cc(C)c(O)c(C)c1)CC[C@H]1OB(O)C[C@H]2C1=C(C(C)C)C[C@H]1C(=O)N(c3cccc(B(O)O)c3)C(=O)[C@H]12. The predicted molar refractivity (Wildman–Crippen MR) is 173 cm³/mol. The summed E-state index contributed by atoms with van der Waals surface area (Å²) in [6, 6.07) is 10.2. The molecule has 1 aliphatic carbocycles. The Morgan fingerprint density at radius 1 is 1.09 bits per heavy atom. The number of hydrogen-bond donors (Lipinski definition) is 4. The van der Waals surface area contributed by atoms with Gasteiger partial charge in [0.2, 0.25) is 11.8 Å². The van der Waals surface area contributed by atoms with Gasteiger partial charge in [-0.25, -0.2) is 0 Å². The number of carbonyl (C=O) groups excluding carboxylic acids is 2. The maximum atomic E-state index is 14.0. The molecule has 8 nitrogen and oxygen atoms in total. The highest BCUT2D eigenvalue weighted by atomic mass is 16.5. The molecule has 44 heavy (non-hydrogen) atoms. The topological polar surface area (TPSA) is 128 Å². The van der Waals surface area contributed by atoms with Crippen LogP contribution in [0.4, 0.5) is 5.69 Å². The zero-order valence-corrected chi connectivity index (χ0v) is 26.3. The van der Waals surface area contributed by atoms with Crippen molar-refractivity contribution in [2.24, 2.45) is 23.7 Å². The minimum atomic E-state index is -1.72. The standard InChI is InChI=1S/C34H43B2NO7/c1-6-8-22(15-23-13-20(4)32(38)21(5)14-23)11-12-29-30-26(19(2)3)17-27-31(28(30)18-35(41)44-29)34(40)37(33(27)39)25-10-7-9-24(16-25)36(42)43/h7,9-10,13-16,19,27-29,31,38,41-43H,6,8,11-12,17-18H2,1-5H3/b22-15+/t27-,28+,29-,31-/m1/s1. The molecule has 2 aromatic rings. The van der Waals surface area contributed by atoms with E-state index in [-0.39, 0.29) is 41.5 Å². The van der Waals surface area contributed by atoms with Crippen molar-refractivity contribution in [3.8, 4) is 5.75 Å². The first kappa shape index (κ1) is 32.2. The number of imide groups is 1. The molecule has 5 rings (SSSR count). The monoisotopic (exact) mass is 599 g/mol. The van der Waals surface area contributed by atoms with E-state index >= 15 is 0 Å². The van der Waals surface area contributed by atoms with E-state index in [9.17, 15) is 29.8 Å². The number of aromatic hydroxyl groups is 1. The summed E-state index contributed by atoms with van der Waals surface area (Å²) < 4.78 is 6.21. The van der Waals surface area contributed by atoms with Crippen LogP contribution in [0.15, 0.2) is 53.1 Å². The van der Waals surface area contributed by atoms with Crippen molar-refractivity contribution in [1.82, 2.24) is 0 Å². The van der Waals surface area contributed by atoms with Crippen LogP contribution in [-0.4, -0.2) is 52.3 Å². The molecule has 2 aromatic carbocycles. The number of hydrogen-bond acceptors (Lipinski definition) is 7. The van der Waals surface area contributed by atoms with Gasteiger partial charge in [0.1, 0.15) is 5.75 Å². The molecule has 0 saturated carbocycles. The second kappa shape index (κ2) is 13.1. The lowest BCUT2D eigenvalue weighted by Crippen LogP contribution is -2.46. The van der Waals surface area contributed by atoms with Crippen molar-refractivity contribution >= 4 is 43.3 Å². The number of phenolic OH excluding ortho intramolecular Hbond substituents is 1. The quantitative estimate of drug-likeness (QED) is 0.192. The number of rotatable bonds is 9. The fourth-order valence-corrected chi connectivity index (χ4v) is 7.54. The maximum Gasteiger partial charge on any atom is 0.488 e. The van der Waals surface area contributed by atoms with Gasteiger partial charge in [0.05, 0.1) is 23.6 Å². The zero-order valence-electron chi connectivity index (χ0n) is 26.3. The van der Waals surface area contributed by atoms with Gasteiger partial charge in [-0.3, -0.25) is 14.5 Å². The Morgan fingerprint density at radius 2 is 1.80 bits per heavy atom. The van der Waals surface area contributed by atoms with Crippen LogP contribution in [0.1, 0.15) is 69.6 Å². The van der Waals surface area contributed by atoms with Gasteiger partial charge in [0.15, 0.2) is 0 Å². The van der Waals surface area contributed by atoms with E-state index in [2.05, 4.69) is 26.8 Å². The average molecular weight is 599 g/mol. The molecule has 2 amide bonds. The number of allylic oxidation sites excluding steroid dienone is 2. The number of fused-ring (bicyclic) bond motifs is 3. The summed E-state index contributed by atoms with van der Waals surface area (Å²) in [5.41, 5.74) is 6.67. The van der Waals surface area contributed by atoms with Crippen molar-refractivity contribution in [1.29, 1.82) is 0 Å². The van der Waals surface area contributed by atoms with E-state index in [1.54, 1.807) is 12.1 Å². The summed E-state index contributed by atoms with van der Waals surface area (Å²) in [6.45, 7) is 10.1. The van der Waals surface area contributed by atoms with Gasteiger partial charge in [0, 0.05) is 0 Å². The van der Waals surface area contributed by atoms with E-state index in [0.717, 1.165) is 47.1 Å². The highest BCUT2D eigenvalue weighted by Crippen LogP contribution is 2.52. The van der Waals surface area contributed by atoms with Crippen LogP contribution in [-0.2, 0) is 14.2 Å². The molecule has 2 saturated heterocycles. The molecule has 232 valence electrons. The number of aryl methyl sites for hydroxylation is 2. The third-order valence-electron chi connectivity index (χ3n) is 9.55. The zero-order chi connectivity index (χ0) is 31.9. The van der Waals surface area contributed by atoms with Crippen molar-refractivity contribution in [3.05, 3.63) is 69.8 Å². The maximum absolute atomic E-state index is 14.0. The van der Waals surface area contributed by atoms with Crippen molar-refractivity contribution < 1.29 is 34.4 Å². The summed E-state index contributed by atoms with van der Waals surface area (Å²) in [7, 11) is -2.77. The number of benzene rings is 2. The lowest BCUT2D eigenvalue weighted by molar-refractivity contribution is -0.122. The van der Waals surface area contributed by atoms with E-state index in [0.29, 0.717) is 24.3 Å². The fourth-order valence-electron chi connectivity index (χ4n) is 7.54. The van der Waals surface area contributed by atoms with Crippen molar-refractivity contribution in [2.45, 2.75) is 79.1 Å². The van der Waals surface area contributed by atoms with E-state index < -0.39 is 26.1 Å². The van der Waals surface area contributed by atoms with Gasteiger partial charge >= 0.3 is 14.2 Å². The summed E-state index contributed by atoms with van der Waals surface area (Å²) in [5.74, 6) is -1.63. The number of carbonyl (C=O) groups is 2. The van der Waals surface area contributed by atoms with Crippen LogP contribution < -0.4 is 10.4 Å². The second-order valence-electron chi connectivity index (χ2n) is 13.0. The van der Waals surface area contributed by atoms with Crippen LogP contribution in [0.25, 0.3) is 6.08 Å². The van der Waals surface area contributed by atoms with Gasteiger partial charge in [-0.2, -0.15) is 0 Å². The van der Waals surface area contributed by atoms with Crippen molar-refractivity contribution in [2.75, 3.05) is 4.90 Å². The Bertz CT molecular complexity index is 1480. The molecule has 0 aromatic heterocycles. The lowest BCUT2D eigenvalue weighted by atomic mass is 9.57. The highest BCUT2D eigenvalue weighted by molar-refractivity contribution is 6.58. The third-order valence-corrected chi connectivity index (χ3v) is 9.55. The number of phenols is 1. The Hall–Kier alpha value is -3.17. The largest absolute Gasteiger partial charge is 0.507 e. The Balaban J connectivity index is 1.46. The van der Waals surface area contributed by atoms with Gasteiger partial charge in [-0.15, -0.1) is 0 Å². The van der Waals surface area contributed by atoms with Crippen molar-refractivity contribution in [3.63, 3.8) is 0 Å². The minimum absolute atomic E-state index is 0.133. The second-order valence-corrected chi connectivity index (χ2v) is 13.0. The van der Waals surface area contributed by atoms with Crippen LogP contribution in [0.3, 0.4) is 0 Å². The molecule has 10 heteroatoms. The van der Waals surface area contributed by atoms with Crippen LogP contribution in [0.5, 0.6) is 5.75 Å². The summed E-state index contributed by atoms with van der Waals surface area (Å²) >= 11 is 0. The number of nitrogens with zero attached hydrogens (tertiary/aromatic N) is 1. The predicted octanol–water partition coefficient (Wildman–Crippen LogP) is 4.31. The molecule has 4 atom stereocenters. The molecule has 0 radical (unpaired) electrons. The van der Waals surface area contributed by atoms with Gasteiger partial charge in [0.25, 0.3) is 0 Å². The first-order valence-corrected chi connectivity index (χ1v) is 15.8. The first-order chi connectivity index (χ1) is 20.9. The molecule has 2 fully saturated rings. The normalized spacial score (nSPS) is 23.9. The van der Waals surface area contributed by atoms with Gasteiger partial charge in [-0.05, 0) is 110 Å². The van der Waals surface area contributed by atoms with Gasteiger partial charge in [-0.1, -0.05) is 56.5 Å². The Morgan fingerprint density at radius 3 is 2.43 bits per heavy atom. The Labute approximate surface area is 260 Å². The fraction of sp³-hybridized carbons (Fsp3) is 0.471. The molecule has 2 heterocycles. The summed E-state index contributed by atoms with van der Waals surface area (Å²) in [6.07, 6.45) is 5.77. The van der Waals surface area contributed by atoms with E-state index in [1.807, 2.05) is 26.0 Å². The summed E-state index contributed by atoms with van der Waals surface area (Å²) in [4.78, 5) is 29.0. The highest BCUT2D eigenvalue weighted by Gasteiger charge is 2.57. The lowest BCUT2D eigenvalue weighted by Gasteiger charge is -2.44. The number of anilines is 1. The minimum Gasteiger partial charge on any atom is -0.507 e. The Kier molecular flexibility index (Phi) is 9.56. The van der Waals surface area contributed by atoms with Crippen LogP contribution in [0.2, 0.25) is 6.32 Å². The smallest absolute Gasteiger partial charge is 0.488 e. The van der Waals surface area contributed by atoms with Crippen LogP contribution >= 0.6 is 0 Å². The third kappa shape index (κ3) is 6.18. The molecule has 4 N–H and O–H groups in total. The number of amides is 2. The molecule has 0 spiro atoms. The molecule has 0 bridgehead atoms. The molecule has 2 aliphatic heterocycles.